The summed E-state index contributed by atoms with van der Waals surface area (Å²) in [6.07, 6.45) is 0. The molecule has 0 aromatic heterocycles. The molecule has 0 radical (unpaired) electrons. The van der Waals surface area contributed by atoms with E-state index < -0.39 is 12.0 Å². The van der Waals surface area contributed by atoms with Gasteiger partial charge in [-0.15, -0.1) is 0 Å². The zero-order valence-corrected chi connectivity index (χ0v) is 11.1. The van der Waals surface area contributed by atoms with E-state index in [1.54, 1.807) is 7.11 Å². The Morgan fingerprint density at radius 2 is 1.94 bits per heavy atom. The van der Waals surface area contributed by atoms with Crippen molar-refractivity contribution in [1.29, 1.82) is 0 Å². The quantitative estimate of drug-likeness (QED) is 0.778. The molecule has 100 valence electrons. The summed E-state index contributed by atoms with van der Waals surface area (Å²) in [6.45, 7) is 4.87. The van der Waals surface area contributed by atoms with Crippen molar-refractivity contribution in [3.8, 4) is 0 Å². The molecule has 0 saturated carbocycles. The molecule has 0 aliphatic rings. The zero-order chi connectivity index (χ0) is 13.5. The second kappa shape index (κ2) is 7.13. The van der Waals surface area contributed by atoms with Gasteiger partial charge in [0.2, 0.25) is 0 Å². The average molecular weight is 251 g/mol. The summed E-state index contributed by atoms with van der Waals surface area (Å²) >= 11 is 0. The Balaban J connectivity index is 2.70. The minimum absolute atomic E-state index is 0.0529. The molecule has 4 nitrogen and oxygen atoms in total. The number of benzene rings is 1. The van der Waals surface area contributed by atoms with Gasteiger partial charge in [-0.05, 0) is 17.0 Å². The first kappa shape index (κ1) is 14.7. The number of rotatable bonds is 7. The average Bonchev–Trinajstić information content (AvgIpc) is 2.31. The number of carboxylic acid groups (broad SMARTS) is 1. The normalized spacial score (nSPS) is 12.7. The van der Waals surface area contributed by atoms with E-state index >= 15 is 0 Å². The maximum Gasteiger partial charge on any atom is 0.320 e. The molecule has 4 heteroatoms. The van der Waals surface area contributed by atoms with Crippen LogP contribution in [0.15, 0.2) is 24.3 Å². The predicted octanol–water partition coefficient (Wildman–Crippen LogP) is 2.03. The van der Waals surface area contributed by atoms with E-state index in [0.717, 1.165) is 11.1 Å². The van der Waals surface area contributed by atoms with E-state index in [9.17, 15) is 4.79 Å². The SMILES string of the molecule is COCc1ccccc1CNC(C(=O)O)C(C)C. The van der Waals surface area contributed by atoms with Crippen molar-refractivity contribution >= 4 is 5.97 Å². The second-order valence-corrected chi connectivity index (χ2v) is 4.64. The van der Waals surface area contributed by atoms with Crippen molar-refractivity contribution in [1.82, 2.24) is 5.32 Å². The third-order valence-electron chi connectivity index (χ3n) is 2.86. The number of hydrogen-bond acceptors (Lipinski definition) is 3. The molecular weight excluding hydrogens is 230 g/mol. The highest BCUT2D eigenvalue weighted by Crippen LogP contribution is 2.11. The third kappa shape index (κ3) is 4.13. The number of nitrogens with one attached hydrogen (secondary N) is 1. The molecule has 0 aliphatic carbocycles. The molecule has 2 N–H and O–H groups in total. The fourth-order valence-corrected chi connectivity index (χ4v) is 1.85. The lowest BCUT2D eigenvalue weighted by Crippen LogP contribution is -2.40. The van der Waals surface area contributed by atoms with Crippen LogP contribution in [0.3, 0.4) is 0 Å². The summed E-state index contributed by atoms with van der Waals surface area (Å²) < 4.78 is 5.13. The predicted molar refractivity (Wildman–Crippen MR) is 70.3 cm³/mol. The summed E-state index contributed by atoms with van der Waals surface area (Å²) in [5.74, 6) is -0.758. The standard InChI is InChI=1S/C14H21NO3/c1-10(2)13(14(16)17)15-8-11-6-4-5-7-12(11)9-18-3/h4-7,10,13,15H,8-9H2,1-3H3,(H,16,17). The van der Waals surface area contributed by atoms with Crippen molar-refractivity contribution in [2.75, 3.05) is 7.11 Å². The highest BCUT2D eigenvalue weighted by atomic mass is 16.5. The molecule has 1 atom stereocenters. The van der Waals surface area contributed by atoms with E-state index in [1.165, 1.54) is 0 Å². The molecule has 0 heterocycles. The van der Waals surface area contributed by atoms with Gasteiger partial charge in [0.15, 0.2) is 0 Å². The van der Waals surface area contributed by atoms with E-state index in [0.29, 0.717) is 13.2 Å². The lowest BCUT2D eigenvalue weighted by molar-refractivity contribution is -0.140. The molecule has 1 aromatic rings. The summed E-state index contributed by atoms with van der Waals surface area (Å²) in [5.41, 5.74) is 2.16. The van der Waals surface area contributed by atoms with Crippen molar-refractivity contribution in [2.45, 2.75) is 33.0 Å². The number of hydrogen-bond donors (Lipinski definition) is 2. The summed E-state index contributed by atoms with van der Waals surface area (Å²) in [7, 11) is 1.65. The number of aliphatic carboxylic acids is 1. The monoisotopic (exact) mass is 251 g/mol. The van der Waals surface area contributed by atoms with Crippen molar-refractivity contribution < 1.29 is 14.6 Å². The molecular formula is C14H21NO3. The summed E-state index contributed by atoms with van der Waals surface area (Å²) in [6, 6.07) is 7.35. The Labute approximate surface area is 108 Å². The van der Waals surface area contributed by atoms with Crippen LogP contribution in [0.5, 0.6) is 0 Å². The van der Waals surface area contributed by atoms with Gasteiger partial charge in [0.25, 0.3) is 0 Å². The highest BCUT2D eigenvalue weighted by Gasteiger charge is 2.20. The van der Waals surface area contributed by atoms with E-state index in [-0.39, 0.29) is 5.92 Å². The van der Waals surface area contributed by atoms with Gasteiger partial charge in [0, 0.05) is 13.7 Å². The first-order valence-corrected chi connectivity index (χ1v) is 6.08. The molecule has 0 aliphatic heterocycles. The molecule has 0 amide bonds. The van der Waals surface area contributed by atoms with Gasteiger partial charge >= 0.3 is 5.97 Å². The molecule has 0 spiro atoms. The molecule has 0 saturated heterocycles. The van der Waals surface area contributed by atoms with Crippen molar-refractivity contribution in [3.63, 3.8) is 0 Å². The summed E-state index contributed by atoms with van der Waals surface area (Å²) in [5, 5.41) is 12.2. The van der Waals surface area contributed by atoms with Gasteiger partial charge in [-0.2, -0.15) is 0 Å². The minimum atomic E-state index is -0.811. The smallest absolute Gasteiger partial charge is 0.320 e. The van der Waals surface area contributed by atoms with Crippen LogP contribution < -0.4 is 5.32 Å². The number of carboxylic acids is 1. The van der Waals surface area contributed by atoms with E-state index in [4.69, 9.17) is 9.84 Å². The number of methoxy groups -OCH3 is 1. The van der Waals surface area contributed by atoms with Crippen LogP contribution >= 0.6 is 0 Å². The molecule has 0 bridgehead atoms. The van der Waals surface area contributed by atoms with E-state index in [2.05, 4.69) is 5.32 Å². The van der Waals surface area contributed by atoms with Crippen LogP contribution in [-0.4, -0.2) is 24.2 Å². The van der Waals surface area contributed by atoms with Gasteiger partial charge in [0.1, 0.15) is 6.04 Å². The first-order valence-electron chi connectivity index (χ1n) is 6.08. The van der Waals surface area contributed by atoms with Crippen LogP contribution in [0.1, 0.15) is 25.0 Å². The van der Waals surface area contributed by atoms with Gasteiger partial charge < -0.3 is 15.2 Å². The second-order valence-electron chi connectivity index (χ2n) is 4.64. The Bertz CT molecular complexity index is 390. The fourth-order valence-electron chi connectivity index (χ4n) is 1.85. The first-order chi connectivity index (χ1) is 8.56. The topological polar surface area (TPSA) is 58.6 Å². The molecule has 1 unspecified atom stereocenters. The van der Waals surface area contributed by atoms with Crippen LogP contribution in [0.2, 0.25) is 0 Å². The number of ether oxygens (including phenoxy) is 1. The Hall–Kier alpha value is -1.39. The molecule has 1 rings (SSSR count). The van der Waals surface area contributed by atoms with Crippen LogP contribution in [0, 0.1) is 5.92 Å². The van der Waals surface area contributed by atoms with Crippen molar-refractivity contribution in [3.05, 3.63) is 35.4 Å². The van der Waals surface area contributed by atoms with Gasteiger partial charge in [0.05, 0.1) is 6.61 Å². The van der Waals surface area contributed by atoms with Gasteiger partial charge in [-0.3, -0.25) is 4.79 Å². The lowest BCUT2D eigenvalue weighted by Gasteiger charge is -2.19. The van der Waals surface area contributed by atoms with Gasteiger partial charge in [-0.25, -0.2) is 0 Å². The van der Waals surface area contributed by atoms with E-state index in [1.807, 2.05) is 38.1 Å². The zero-order valence-electron chi connectivity index (χ0n) is 11.1. The fraction of sp³-hybridized carbons (Fsp3) is 0.500. The Morgan fingerprint density at radius 1 is 1.33 bits per heavy atom. The molecule has 1 aromatic carbocycles. The largest absolute Gasteiger partial charge is 0.480 e. The third-order valence-corrected chi connectivity index (χ3v) is 2.86. The van der Waals surface area contributed by atoms with Crippen molar-refractivity contribution in [2.24, 2.45) is 5.92 Å². The molecule has 18 heavy (non-hydrogen) atoms. The molecule has 0 fully saturated rings. The number of carbonyl (C=O) groups is 1. The van der Waals surface area contributed by atoms with Crippen LogP contribution in [0.25, 0.3) is 0 Å². The van der Waals surface area contributed by atoms with Crippen LogP contribution in [0.4, 0.5) is 0 Å². The lowest BCUT2D eigenvalue weighted by atomic mass is 10.0. The minimum Gasteiger partial charge on any atom is -0.480 e. The maximum atomic E-state index is 11.1. The van der Waals surface area contributed by atoms with Gasteiger partial charge in [-0.1, -0.05) is 38.1 Å². The highest BCUT2D eigenvalue weighted by molar-refractivity contribution is 5.73. The van der Waals surface area contributed by atoms with Crippen LogP contribution in [-0.2, 0) is 22.7 Å². The Kier molecular flexibility index (Phi) is 5.82. The maximum absolute atomic E-state index is 11.1. The summed E-state index contributed by atoms with van der Waals surface area (Å²) in [4.78, 5) is 11.1. The Morgan fingerprint density at radius 3 is 2.44 bits per heavy atom.